The molecule has 0 rings (SSSR count). The summed E-state index contributed by atoms with van der Waals surface area (Å²) in [6, 6.07) is 0.169. The Kier molecular flexibility index (Phi) is 18.1. The molecule has 13 heavy (non-hydrogen) atoms. The Bertz CT molecular complexity index is 165. The van der Waals surface area contributed by atoms with Gasteiger partial charge < -0.3 is 14.0 Å². The predicted octanol–water partition coefficient (Wildman–Crippen LogP) is 0.252. The minimum Gasteiger partial charge on any atom is -0.390 e. The molecule has 0 heterocycles. The molecular formula is C4H11N3O3SiY2. The van der Waals surface area contributed by atoms with Crippen molar-refractivity contribution >= 4 is 8.80 Å². The summed E-state index contributed by atoms with van der Waals surface area (Å²) < 4.78 is 4.43. The average molecular weight is 355 g/mol. The number of nitrogens with zero attached hydrogens (tertiary/aromatic N) is 3. The molecule has 0 fully saturated rings. The van der Waals surface area contributed by atoms with Crippen LogP contribution in [-0.4, -0.2) is 32.1 Å². The van der Waals surface area contributed by atoms with Crippen LogP contribution in [0.25, 0.3) is 10.4 Å². The Hall–Kier alpha value is 1.61. The van der Waals surface area contributed by atoms with Crippen molar-refractivity contribution in [2.24, 2.45) is 5.11 Å². The van der Waals surface area contributed by atoms with Crippen LogP contribution in [-0.2, 0) is 69.8 Å². The summed E-state index contributed by atoms with van der Waals surface area (Å²) in [4.78, 5) is 20.4. The van der Waals surface area contributed by atoms with E-state index in [1.54, 1.807) is 0 Å². The van der Waals surface area contributed by atoms with Gasteiger partial charge in [0.25, 0.3) is 0 Å². The molecule has 0 aliphatic carbocycles. The van der Waals surface area contributed by atoms with Crippen LogP contribution in [0.3, 0.4) is 0 Å². The van der Waals surface area contributed by atoms with E-state index in [1.807, 2.05) is 0 Å². The Morgan fingerprint density at radius 2 is 2.00 bits per heavy atom. The van der Waals surface area contributed by atoms with Crippen molar-refractivity contribution in [1.29, 1.82) is 0 Å². The fourth-order valence-electron chi connectivity index (χ4n) is 0.527. The first-order chi connectivity index (χ1) is 5.12. The first kappa shape index (κ1) is 20.1. The third-order valence-electron chi connectivity index (χ3n) is 1.15. The normalized spacial score (nSPS) is 9.15. The molecular weight excluding hydrogens is 344 g/mol. The Balaban J connectivity index is -0.000000500. The molecule has 0 saturated carbocycles. The second kappa shape index (κ2) is 11.7. The summed E-state index contributed by atoms with van der Waals surface area (Å²) in [5.74, 6) is 0. The zero-order valence-corrected chi connectivity index (χ0v) is 14.1. The zero-order chi connectivity index (χ0) is 8.74. The predicted molar refractivity (Wildman–Crippen MR) is 40.6 cm³/mol. The monoisotopic (exact) mass is 355 g/mol. The quantitative estimate of drug-likeness (QED) is 0.243. The van der Waals surface area contributed by atoms with Crippen LogP contribution in [0.5, 0.6) is 0 Å². The number of rotatable bonds is 5. The summed E-state index contributed by atoms with van der Waals surface area (Å²) >= 11 is 0. The molecule has 0 unspecified atom stereocenters. The van der Waals surface area contributed by atoms with Gasteiger partial charge in [-0.1, -0.05) is 5.11 Å². The van der Waals surface area contributed by atoms with Crippen LogP contribution in [0.1, 0.15) is 6.42 Å². The fourth-order valence-corrected chi connectivity index (χ4v) is 1.35. The number of hydrogen-bond acceptors (Lipinski definition) is 4. The van der Waals surface area contributed by atoms with Crippen LogP contribution in [0.4, 0.5) is 0 Å². The van der Waals surface area contributed by atoms with Crippen molar-refractivity contribution in [2.75, 3.05) is 13.7 Å². The van der Waals surface area contributed by atoms with Gasteiger partial charge in [-0.15, -0.1) is 0 Å². The van der Waals surface area contributed by atoms with Crippen molar-refractivity contribution in [3.8, 4) is 0 Å². The molecule has 0 amide bonds. The summed E-state index contributed by atoms with van der Waals surface area (Å²) in [7, 11) is -2.16. The van der Waals surface area contributed by atoms with Crippen molar-refractivity contribution in [3.63, 3.8) is 0 Å². The van der Waals surface area contributed by atoms with Crippen molar-refractivity contribution in [1.82, 2.24) is 0 Å². The van der Waals surface area contributed by atoms with E-state index in [9.17, 15) is 0 Å². The average Bonchev–Trinajstić information content (AvgIpc) is 1.99. The maximum Gasteiger partial charge on any atom is 0.495 e. The summed E-state index contributed by atoms with van der Waals surface area (Å²) in [5.41, 5.74) is 7.87. The van der Waals surface area contributed by atoms with Crippen LogP contribution >= 0.6 is 0 Å². The maximum absolute atomic E-state index is 8.96. The molecule has 9 heteroatoms. The van der Waals surface area contributed by atoms with Crippen LogP contribution in [0, 0.1) is 0 Å². The van der Waals surface area contributed by atoms with Crippen LogP contribution in [0.15, 0.2) is 5.11 Å². The largest absolute Gasteiger partial charge is 0.495 e. The smallest absolute Gasteiger partial charge is 0.390 e. The molecule has 0 atom stereocenters. The Morgan fingerprint density at radius 1 is 1.46 bits per heavy atom. The Morgan fingerprint density at radius 3 is 2.38 bits per heavy atom. The fraction of sp³-hybridized carbons (Fsp3) is 1.00. The molecule has 0 spiro atoms. The minimum absolute atomic E-state index is 0. The number of azide groups is 1. The van der Waals surface area contributed by atoms with Gasteiger partial charge in [0.15, 0.2) is 0 Å². The molecule has 0 aromatic carbocycles. The molecule has 70 valence electrons. The SMILES string of the molecule is CO[Si](O)(O)CCCN=[N+]=[N-].[Y].[Y]. The molecule has 0 aliphatic rings. The van der Waals surface area contributed by atoms with E-state index in [0.29, 0.717) is 6.42 Å². The van der Waals surface area contributed by atoms with Crippen LogP contribution in [0.2, 0.25) is 6.04 Å². The van der Waals surface area contributed by atoms with Gasteiger partial charge in [-0.05, 0) is 12.0 Å². The van der Waals surface area contributed by atoms with Gasteiger partial charge in [0.05, 0.1) is 0 Å². The second-order valence-corrected chi connectivity index (χ2v) is 4.40. The molecule has 6 nitrogen and oxygen atoms in total. The van der Waals surface area contributed by atoms with Gasteiger partial charge in [-0.3, -0.25) is 0 Å². The minimum atomic E-state index is -3.41. The summed E-state index contributed by atoms with van der Waals surface area (Å²) in [6.45, 7) is 0.274. The van der Waals surface area contributed by atoms with Crippen molar-refractivity contribution in [2.45, 2.75) is 12.5 Å². The van der Waals surface area contributed by atoms with Crippen LogP contribution < -0.4 is 0 Å². The standard InChI is InChI=1S/C4H11N3O3Si.2Y/c1-10-11(8,9)4-2-3-6-7-5;;/h8-9H,2-4H2,1H3;;. The number of hydrogen-bond donors (Lipinski definition) is 2. The summed E-state index contributed by atoms with van der Waals surface area (Å²) in [6.07, 6.45) is 0.442. The van der Waals surface area contributed by atoms with Gasteiger partial charge >= 0.3 is 8.80 Å². The molecule has 0 saturated heterocycles. The first-order valence-electron chi connectivity index (χ1n) is 3.13. The third-order valence-corrected chi connectivity index (χ3v) is 2.81. The molecule has 2 radical (unpaired) electrons. The van der Waals surface area contributed by atoms with E-state index in [0.717, 1.165) is 0 Å². The second-order valence-electron chi connectivity index (χ2n) is 2.01. The Labute approximate surface area is 128 Å². The van der Waals surface area contributed by atoms with E-state index in [1.165, 1.54) is 7.11 Å². The van der Waals surface area contributed by atoms with Gasteiger partial charge in [-0.25, -0.2) is 0 Å². The van der Waals surface area contributed by atoms with Crippen molar-refractivity contribution < 1.29 is 79.4 Å². The van der Waals surface area contributed by atoms with Gasteiger partial charge in [0.2, 0.25) is 0 Å². The molecule has 2 N–H and O–H groups in total. The zero-order valence-electron chi connectivity index (χ0n) is 7.42. The van der Waals surface area contributed by atoms with E-state index in [4.69, 9.17) is 15.1 Å². The molecule has 0 aromatic rings. The molecule has 0 bridgehead atoms. The van der Waals surface area contributed by atoms with Crippen molar-refractivity contribution in [3.05, 3.63) is 10.4 Å². The molecule has 0 aliphatic heterocycles. The van der Waals surface area contributed by atoms with E-state index in [-0.39, 0.29) is 78.0 Å². The van der Waals surface area contributed by atoms with E-state index in [2.05, 4.69) is 14.5 Å². The third kappa shape index (κ3) is 13.6. The summed E-state index contributed by atoms with van der Waals surface area (Å²) in [5, 5.41) is 3.23. The topological polar surface area (TPSA) is 98.5 Å². The van der Waals surface area contributed by atoms with Gasteiger partial charge in [0, 0.05) is 90.0 Å². The van der Waals surface area contributed by atoms with Gasteiger partial charge in [0.1, 0.15) is 0 Å². The molecule has 0 aromatic heterocycles. The maximum atomic E-state index is 8.96. The first-order valence-corrected chi connectivity index (χ1v) is 5.14. The van der Waals surface area contributed by atoms with E-state index >= 15 is 0 Å². The van der Waals surface area contributed by atoms with Gasteiger partial charge in [-0.2, -0.15) is 0 Å². The van der Waals surface area contributed by atoms with E-state index < -0.39 is 8.80 Å².